The Morgan fingerprint density at radius 2 is 2.33 bits per heavy atom. The molecule has 0 aromatic carbocycles. The SMILES string of the molecule is CNC(=O)CN1C[C@H]2CC[C@@H](Oc3cccnc3C)[C@H]2C1. The Balaban J connectivity index is 1.62. The molecule has 1 aromatic heterocycles. The lowest BCUT2D eigenvalue weighted by atomic mass is 9.99. The number of aryl methyl sites for hydroxylation is 1. The number of nitrogens with zero attached hydrogens (tertiary/aromatic N) is 2. The Morgan fingerprint density at radius 1 is 1.48 bits per heavy atom. The minimum Gasteiger partial charge on any atom is -0.488 e. The lowest BCUT2D eigenvalue weighted by Gasteiger charge is -2.22. The van der Waals surface area contributed by atoms with Crippen LogP contribution in [0.15, 0.2) is 18.3 Å². The molecule has 1 saturated carbocycles. The van der Waals surface area contributed by atoms with Crippen LogP contribution in [-0.2, 0) is 4.79 Å². The van der Waals surface area contributed by atoms with Gasteiger partial charge in [0.1, 0.15) is 11.9 Å². The topological polar surface area (TPSA) is 54.5 Å². The van der Waals surface area contributed by atoms with E-state index >= 15 is 0 Å². The Bertz CT molecular complexity index is 520. The van der Waals surface area contributed by atoms with E-state index in [9.17, 15) is 4.79 Å². The van der Waals surface area contributed by atoms with Crippen LogP contribution in [0.1, 0.15) is 18.5 Å². The molecule has 1 aliphatic heterocycles. The predicted octanol–water partition coefficient (Wildman–Crippen LogP) is 1.23. The molecule has 114 valence electrons. The van der Waals surface area contributed by atoms with Gasteiger partial charge >= 0.3 is 0 Å². The fourth-order valence-electron chi connectivity index (χ4n) is 3.62. The number of carbonyl (C=O) groups excluding carboxylic acids is 1. The van der Waals surface area contributed by atoms with Gasteiger partial charge in [0.15, 0.2) is 0 Å². The van der Waals surface area contributed by atoms with Crippen molar-refractivity contribution in [1.82, 2.24) is 15.2 Å². The number of likely N-dealkylation sites (N-methyl/N-ethyl adjacent to an activating group) is 1. The third-order valence-corrected chi connectivity index (χ3v) is 4.75. The summed E-state index contributed by atoms with van der Waals surface area (Å²) in [5.74, 6) is 2.19. The van der Waals surface area contributed by atoms with Crippen LogP contribution in [0.4, 0.5) is 0 Å². The number of likely N-dealkylation sites (tertiary alicyclic amines) is 1. The Morgan fingerprint density at radius 3 is 3.10 bits per heavy atom. The molecule has 0 radical (unpaired) electrons. The largest absolute Gasteiger partial charge is 0.488 e. The maximum Gasteiger partial charge on any atom is 0.233 e. The van der Waals surface area contributed by atoms with Crippen LogP contribution in [0.2, 0.25) is 0 Å². The number of ether oxygens (including phenoxy) is 1. The third kappa shape index (κ3) is 3.02. The van der Waals surface area contributed by atoms with Gasteiger partial charge in [-0.05, 0) is 37.8 Å². The molecule has 2 heterocycles. The average molecular weight is 289 g/mol. The molecule has 1 amide bonds. The quantitative estimate of drug-likeness (QED) is 0.905. The van der Waals surface area contributed by atoms with E-state index in [2.05, 4.69) is 15.2 Å². The summed E-state index contributed by atoms with van der Waals surface area (Å²) >= 11 is 0. The first kappa shape index (κ1) is 14.3. The van der Waals surface area contributed by atoms with Crippen molar-refractivity contribution in [2.24, 2.45) is 11.8 Å². The molecule has 1 N–H and O–H groups in total. The van der Waals surface area contributed by atoms with Crippen LogP contribution in [0.5, 0.6) is 5.75 Å². The predicted molar refractivity (Wildman–Crippen MR) is 80.1 cm³/mol. The first-order valence-electron chi connectivity index (χ1n) is 7.68. The highest BCUT2D eigenvalue weighted by molar-refractivity contribution is 5.77. The average Bonchev–Trinajstić information content (AvgIpc) is 3.02. The van der Waals surface area contributed by atoms with Crippen LogP contribution in [0, 0.1) is 18.8 Å². The highest BCUT2D eigenvalue weighted by Crippen LogP contribution is 2.40. The molecule has 0 unspecified atom stereocenters. The van der Waals surface area contributed by atoms with Crippen molar-refractivity contribution < 1.29 is 9.53 Å². The molecule has 0 bridgehead atoms. The molecule has 1 aliphatic carbocycles. The van der Waals surface area contributed by atoms with Crippen molar-refractivity contribution in [1.29, 1.82) is 0 Å². The lowest BCUT2D eigenvalue weighted by Crippen LogP contribution is -2.36. The summed E-state index contributed by atoms with van der Waals surface area (Å²) in [7, 11) is 1.69. The normalized spacial score (nSPS) is 28.4. The van der Waals surface area contributed by atoms with E-state index in [0.717, 1.165) is 31.0 Å². The second-order valence-electron chi connectivity index (χ2n) is 6.11. The van der Waals surface area contributed by atoms with Gasteiger partial charge in [-0.15, -0.1) is 0 Å². The Kier molecular flexibility index (Phi) is 4.10. The fourth-order valence-corrected chi connectivity index (χ4v) is 3.62. The molecule has 0 spiro atoms. The van der Waals surface area contributed by atoms with Crippen LogP contribution in [0.3, 0.4) is 0 Å². The summed E-state index contributed by atoms with van der Waals surface area (Å²) in [4.78, 5) is 18.0. The molecular formula is C16H23N3O2. The van der Waals surface area contributed by atoms with Gasteiger partial charge in [-0.25, -0.2) is 0 Å². The van der Waals surface area contributed by atoms with E-state index in [4.69, 9.17) is 4.74 Å². The maximum atomic E-state index is 11.5. The van der Waals surface area contributed by atoms with E-state index in [1.54, 1.807) is 13.2 Å². The summed E-state index contributed by atoms with van der Waals surface area (Å²) in [6.07, 6.45) is 4.35. The minimum atomic E-state index is 0.0931. The van der Waals surface area contributed by atoms with Crippen molar-refractivity contribution in [3.8, 4) is 5.75 Å². The molecule has 3 atom stereocenters. The van der Waals surface area contributed by atoms with E-state index in [-0.39, 0.29) is 12.0 Å². The number of aromatic nitrogens is 1. The molecule has 3 rings (SSSR count). The monoisotopic (exact) mass is 289 g/mol. The van der Waals surface area contributed by atoms with Gasteiger partial charge in [-0.3, -0.25) is 14.7 Å². The van der Waals surface area contributed by atoms with E-state index in [1.165, 1.54) is 6.42 Å². The van der Waals surface area contributed by atoms with Crippen LogP contribution >= 0.6 is 0 Å². The maximum absolute atomic E-state index is 11.5. The number of hydrogen-bond donors (Lipinski definition) is 1. The van der Waals surface area contributed by atoms with Gasteiger partial charge < -0.3 is 10.1 Å². The van der Waals surface area contributed by atoms with Gasteiger partial charge in [0.2, 0.25) is 5.91 Å². The number of carbonyl (C=O) groups is 1. The summed E-state index contributed by atoms with van der Waals surface area (Å²) < 4.78 is 6.21. The third-order valence-electron chi connectivity index (χ3n) is 4.75. The summed E-state index contributed by atoms with van der Waals surface area (Å²) in [6, 6.07) is 3.91. The molecular weight excluding hydrogens is 266 g/mol. The van der Waals surface area contributed by atoms with E-state index in [1.807, 2.05) is 19.1 Å². The molecule has 2 aliphatic rings. The van der Waals surface area contributed by atoms with Gasteiger partial charge in [-0.1, -0.05) is 0 Å². The number of amides is 1. The second-order valence-corrected chi connectivity index (χ2v) is 6.11. The molecule has 1 aromatic rings. The molecule has 21 heavy (non-hydrogen) atoms. The van der Waals surface area contributed by atoms with Gasteiger partial charge in [0.25, 0.3) is 0 Å². The van der Waals surface area contributed by atoms with Crippen LogP contribution < -0.4 is 10.1 Å². The molecule has 1 saturated heterocycles. The molecule has 5 heteroatoms. The zero-order chi connectivity index (χ0) is 14.8. The van der Waals surface area contributed by atoms with E-state index < -0.39 is 0 Å². The second kappa shape index (κ2) is 6.02. The molecule has 2 fully saturated rings. The van der Waals surface area contributed by atoms with Gasteiger partial charge in [-0.2, -0.15) is 0 Å². The summed E-state index contributed by atoms with van der Waals surface area (Å²) in [6.45, 7) is 4.46. The number of hydrogen-bond acceptors (Lipinski definition) is 4. The van der Waals surface area contributed by atoms with Gasteiger partial charge in [0.05, 0.1) is 12.2 Å². The minimum absolute atomic E-state index is 0.0931. The standard InChI is InChI=1S/C16H23N3O2/c1-11-14(4-3-7-18-11)21-15-6-5-12-8-19(9-13(12)15)10-16(20)17-2/h3-4,7,12-13,15H,5-6,8-10H2,1-2H3,(H,17,20)/t12-,13+,15-/m1/s1. The zero-order valence-electron chi connectivity index (χ0n) is 12.7. The number of rotatable bonds is 4. The zero-order valence-corrected chi connectivity index (χ0v) is 12.7. The smallest absolute Gasteiger partial charge is 0.233 e. The number of pyridine rings is 1. The summed E-state index contributed by atoms with van der Waals surface area (Å²) in [5, 5.41) is 2.70. The highest BCUT2D eigenvalue weighted by Gasteiger charge is 2.44. The van der Waals surface area contributed by atoms with Crippen molar-refractivity contribution in [2.45, 2.75) is 25.9 Å². The Labute approximate surface area is 125 Å². The van der Waals surface area contributed by atoms with Crippen molar-refractivity contribution in [2.75, 3.05) is 26.7 Å². The first-order valence-corrected chi connectivity index (χ1v) is 7.68. The Hall–Kier alpha value is -1.62. The molecule has 5 nitrogen and oxygen atoms in total. The van der Waals surface area contributed by atoms with Crippen LogP contribution in [0.25, 0.3) is 0 Å². The van der Waals surface area contributed by atoms with Crippen LogP contribution in [-0.4, -0.2) is 48.6 Å². The van der Waals surface area contributed by atoms with E-state index in [0.29, 0.717) is 18.4 Å². The first-order chi connectivity index (χ1) is 10.2. The highest BCUT2D eigenvalue weighted by atomic mass is 16.5. The summed E-state index contributed by atoms with van der Waals surface area (Å²) in [5.41, 5.74) is 0.946. The lowest BCUT2D eigenvalue weighted by molar-refractivity contribution is -0.121. The van der Waals surface area contributed by atoms with Crippen molar-refractivity contribution >= 4 is 5.91 Å². The fraction of sp³-hybridized carbons (Fsp3) is 0.625. The van der Waals surface area contributed by atoms with Gasteiger partial charge in [0, 0.05) is 32.3 Å². The number of nitrogens with one attached hydrogen (secondary N) is 1. The van der Waals surface area contributed by atoms with Crippen molar-refractivity contribution in [3.63, 3.8) is 0 Å². The number of fused-ring (bicyclic) bond motifs is 1. The van der Waals surface area contributed by atoms with Crippen molar-refractivity contribution in [3.05, 3.63) is 24.0 Å².